The highest BCUT2D eigenvalue weighted by Crippen LogP contribution is 2.33. The average Bonchev–Trinajstić information content (AvgIpc) is 2.81. The number of fused-ring (bicyclic) bond motifs is 1. The van der Waals surface area contributed by atoms with Crippen molar-refractivity contribution in [3.8, 4) is 0 Å². The Bertz CT molecular complexity index is 592. The third-order valence-electron chi connectivity index (χ3n) is 3.46. The van der Waals surface area contributed by atoms with Crippen LogP contribution in [0, 0.1) is 5.82 Å². The van der Waals surface area contributed by atoms with E-state index < -0.39 is 6.10 Å². The molecule has 2 aromatic rings. The molecule has 0 saturated heterocycles. The molecule has 1 heterocycles. The Morgan fingerprint density at radius 2 is 2.05 bits per heavy atom. The number of para-hydroxylation sites is 1. The number of halogens is 2. The minimum atomic E-state index is -0.861. The van der Waals surface area contributed by atoms with E-state index in [0.29, 0.717) is 16.5 Å². The quantitative estimate of drug-likeness (QED) is 0.884. The van der Waals surface area contributed by atoms with Gasteiger partial charge in [0, 0.05) is 15.7 Å². The SMILES string of the molecule is OC(c1ccc(Br)cc1F)C1Cc2ccccc2N1. The first-order chi connectivity index (χ1) is 9.15. The van der Waals surface area contributed by atoms with Crippen molar-refractivity contribution in [1.29, 1.82) is 0 Å². The third kappa shape index (κ3) is 2.38. The lowest BCUT2D eigenvalue weighted by Crippen LogP contribution is -2.25. The van der Waals surface area contributed by atoms with E-state index in [1.54, 1.807) is 12.1 Å². The second-order valence-electron chi connectivity index (χ2n) is 4.72. The fourth-order valence-electron chi connectivity index (χ4n) is 2.48. The number of anilines is 1. The first kappa shape index (κ1) is 12.6. The molecule has 4 heteroatoms. The molecule has 0 amide bonds. The van der Waals surface area contributed by atoms with Crippen LogP contribution in [0.4, 0.5) is 10.1 Å². The number of nitrogens with one attached hydrogen (secondary N) is 1. The summed E-state index contributed by atoms with van der Waals surface area (Å²) in [6.45, 7) is 0. The second-order valence-corrected chi connectivity index (χ2v) is 5.64. The zero-order valence-corrected chi connectivity index (χ0v) is 11.7. The summed E-state index contributed by atoms with van der Waals surface area (Å²) in [4.78, 5) is 0. The van der Waals surface area contributed by atoms with Crippen LogP contribution in [0.5, 0.6) is 0 Å². The lowest BCUT2D eigenvalue weighted by atomic mass is 9.99. The van der Waals surface area contributed by atoms with Gasteiger partial charge in [-0.25, -0.2) is 4.39 Å². The molecule has 1 aliphatic heterocycles. The highest BCUT2D eigenvalue weighted by Gasteiger charge is 2.29. The van der Waals surface area contributed by atoms with E-state index in [2.05, 4.69) is 21.2 Å². The molecule has 0 spiro atoms. The number of benzene rings is 2. The molecule has 2 atom stereocenters. The average molecular weight is 322 g/mol. The molecule has 2 aromatic carbocycles. The van der Waals surface area contributed by atoms with Crippen LogP contribution in [0.1, 0.15) is 17.2 Å². The Morgan fingerprint density at radius 1 is 1.26 bits per heavy atom. The van der Waals surface area contributed by atoms with Gasteiger partial charge in [0.1, 0.15) is 11.9 Å². The molecule has 0 bridgehead atoms. The van der Waals surface area contributed by atoms with E-state index in [4.69, 9.17) is 0 Å². The molecule has 98 valence electrons. The Labute approximate surface area is 119 Å². The molecular formula is C15H13BrFNO. The van der Waals surface area contributed by atoms with Crippen molar-refractivity contribution in [3.63, 3.8) is 0 Å². The third-order valence-corrected chi connectivity index (χ3v) is 3.95. The molecule has 0 aromatic heterocycles. The van der Waals surface area contributed by atoms with Crippen molar-refractivity contribution in [3.05, 3.63) is 63.9 Å². The molecule has 0 saturated carbocycles. The molecule has 2 N–H and O–H groups in total. The van der Waals surface area contributed by atoms with Crippen LogP contribution < -0.4 is 5.32 Å². The van der Waals surface area contributed by atoms with Gasteiger partial charge in [-0.1, -0.05) is 40.2 Å². The standard InChI is InChI=1S/C15H13BrFNO/c16-10-5-6-11(12(17)8-10)15(19)14-7-9-3-1-2-4-13(9)18-14/h1-6,8,14-15,18-19H,7H2. The molecule has 3 rings (SSSR count). The van der Waals surface area contributed by atoms with Gasteiger partial charge < -0.3 is 10.4 Å². The fraction of sp³-hybridized carbons (Fsp3) is 0.200. The van der Waals surface area contributed by atoms with Gasteiger partial charge in [-0.05, 0) is 30.2 Å². The molecule has 2 nitrogen and oxygen atoms in total. The highest BCUT2D eigenvalue weighted by molar-refractivity contribution is 9.10. The Hall–Kier alpha value is -1.39. The maximum atomic E-state index is 13.9. The minimum absolute atomic E-state index is 0.187. The van der Waals surface area contributed by atoms with Crippen molar-refractivity contribution >= 4 is 21.6 Å². The van der Waals surface area contributed by atoms with Gasteiger partial charge in [0.15, 0.2) is 0 Å². The van der Waals surface area contributed by atoms with Crippen LogP contribution in [-0.4, -0.2) is 11.1 Å². The Morgan fingerprint density at radius 3 is 2.79 bits per heavy atom. The van der Waals surface area contributed by atoms with E-state index in [-0.39, 0.29) is 11.9 Å². The number of aliphatic hydroxyl groups excluding tert-OH is 1. The van der Waals surface area contributed by atoms with Gasteiger partial charge in [-0.15, -0.1) is 0 Å². The second kappa shape index (κ2) is 4.94. The molecule has 0 radical (unpaired) electrons. The van der Waals surface area contributed by atoms with E-state index in [9.17, 15) is 9.50 Å². The van der Waals surface area contributed by atoms with Crippen LogP contribution >= 0.6 is 15.9 Å². The summed E-state index contributed by atoms with van der Waals surface area (Å²) in [6, 6.07) is 12.5. The highest BCUT2D eigenvalue weighted by atomic mass is 79.9. The summed E-state index contributed by atoms with van der Waals surface area (Å²) in [7, 11) is 0. The molecular weight excluding hydrogens is 309 g/mol. The van der Waals surface area contributed by atoms with Crippen molar-refractivity contribution in [2.45, 2.75) is 18.6 Å². The number of aliphatic hydroxyl groups is 1. The summed E-state index contributed by atoms with van der Waals surface area (Å²) in [5, 5.41) is 13.6. The maximum absolute atomic E-state index is 13.9. The Kier molecular flexibility index (Phi) is 3.29. The van der Waals surface area contributed by atoms with Crippen LogP contribution in [0.25, 0.3) is 0 Å². The van der Waals surface area contributed by atoms with E-state index in [0.717, 1.165) is 11.3 Å². The van der Waals surface area contributed by atoms with Gasteiger partial charge in [0.25, 0.3) is 0 Å². The Balaban J connectivity index is 1.85. The van der Waals surface area contributed by atoms with Crippen molar-refractivity contribution < 1.29 is 9.50 Å². The lowest BCUT2D eigenvalue weighted by molar-refractivity contribution is 0.152. The molecule has 0 aliphatic carbocycles. The zero-order valence-electron chi connectivity index (χ0n) is 10.1. The smallest absolute Gasteiger partial charge is 0.130 e. The van der Waals surface area contributed by atoms with Crippen molar-refractivity contribution in [2.75, 3.05) is 5.32 Å². The van der Waals surface area contributed by atoms with Gasteiger partial charge in [-0.3, -0.25) is 0 Å². The van der Waals surface area contributed by atoms with Crippen molar-refractivity contribution in [2.24, 2.45) is 0 Å². The number of hydrogen-bond acceptors (Lipinski definition) is 2. The summed E-state index contributed by atoms with van der Waals surface area (Å²) < 4.78 is 14.5. The van der Waals surface area contributed by atoms with E-state index in [1.165, 1.54) is 6.07 Å². The topological polar surface area (TPSA) is 32.3 Å². The van der Waals surface area contributed by atoms with Gasteiger partial charge in [0.05, 0.1) is 6.04 Å². The van der Waals surface area contributed by atoms with E-state index in [1.807, 2.05) is 24.3 Å². The number of rotatable bonds is 2. The van der Waals surface area contributed by atoms with Crippen LogP contribution in [-0.2, 0) is 6.42 Å². The summed E-state index contributed by atoms with van der Waals surface area (Å²) in [5.41, 5.74) is 2.50. The van der Waals surface area contributed by atoms with Crippen LogP contribution in [0.3, 0.4) is 0 Å². The minimum Gasteiger partial charge on any atom is -0.386 e. The van der Waals surface area contributed by atoms with Crippen molar-refractivity contribution in [1.82, 2.24) is 0 Å². The zero-order chi connectivity index (χ0) is 13.4. The predicted molar refractivity (Wildman–Crippen MR) is 76.6 cm³/mol. The first-order valence-electron chi connectivity index (χ1n) is 6.12. The largest absolute Gasteiger partial charge is 0.386 e. The van der Waals surface area contributed by atoms with E-state index >= 15 is 0 Å². The predicted octanol–water partition coefficient (Wildman–Crippen LogP) is 3.66. The maximum Gasteiger partial charge on any atom is 0.130 e. The monoisotopic (exact) mass is 321 g/mol. The van der Waals surface area contributed by atoms with Gasteiger partial charge in [-0.2, -0.15) is 0 Å². The van der Waals surface area contributed by atoms with Crippen LogP contribution in [0.15, 0.2) is 46.9 Å². The lowest BCUT2D eigenvalue weighted by Gasteiger charge is -2.20. The summed E-state index contributed by atoms with van der Waals surface area (Å²) in [5.74, 6) is -0.389. The van der Waals surface area contributed by atoms with Gasteiger partial charge >= 0.3 is 0 Å². The fourth-order valence-corrected chi connectivity index (χ4v) is 2.81. The normalized spacial score (nSPS) is 18.8. The molecule has 0 fully saturated rings. The number of hydrogen-bond donors (Lipinski definition) is 2. The summed E-state index contributed by atoms with van der Waals surface area (Å²) >= 11 is 3.21. The van der Waals surface area contributed by atoms with Gasteiger partial charge in [0.2, 0.25) is 0 Å². The summed E-state index contributed by atoms with van der Waals surface area (Å²) in [6.07, 6.45) is -0.159. The first-order valence-corrected chi connectivity index (χ1v) is 6.92. The molecule has 1 aliphatic rings. The van der Waals surface area contributed by atoms with Crippen LogP contribution in [0.2, 0.25) is 0 Å². The molecule has 2 unspecified atom stereocenters. The molecule has 19 heavy (non-hydrogen) atoms.